The molecule has 0 saturated carbocycles. The summed E-state index contributed by atoms with van der Waals surface area (Å²) in [6.45, 7) is 3.26. The summed E-state index contributed by atoms with van der Waals surface area (Å²) >= 11 is 0. The van der Waals surface area contributed by atoms with Gasteiger partial charge in [0.25, 0.3) is 0 Å². The van der Waals surface area contributed by atoms with Crippen LogP contribution in [0.25, 0.3) is 0 Å². The van der Waals surface area contributed by atoms with Crippen molar-refractivity contribution in [3.8, 4) is 5.75 Å². The molecule has 134 valence electrons. The maximum Gasteiger partial charge on any atom is 0.334 e. The van der Waals surface area contributed by atoms with Gasteiger partial charge in [0, 0.05) is 28.8 Å². The number of phenols is 1. The number of halogens is 2. The maximum atomic E-state index is 14.5. The Kier molecular flexibility index (Phi) is 5.25. The average molecular weight is 352 g/mol. The van der Waals surface area contributed by atoms with Crippen LogP contribution in [0.3, 0.4) is 0 Å². The third-order valence-corrected chi connectivity index (χ3v) is 4.19. The molecule has 0 spiro atoms. The van der Waals surface area contributed by atoms with Gasteiger partial charge in [-0.2, -0.15) is 0 Å². The van der Waals surface area contributed by atoms with E-state index in [-0.39, 0.29) is 17.6 Å². The van der Waals surface area contributed by atoms with Gasteiger partial charge in [0.05, 0.1) is 20.1 Å². The van der Waals surface area contributed by atoms with Crippen LogP contribution in [0.2, 0.25) is 0 Å². The van der Waals surface area contributed by atoms with Crippen LogP contribution in [0.1, 0.15) is 31.7 Å². The van der Waals surface area contributed by atoms with E-state index in [4.69, 9.17) is 9.47 Å². The van der Waals surface area contributed by atoms with Gasteiger partial charge >= 0.3 is 11.9 Å². The molecule has 1 aromatic rings. The fourth-order valence-corrected chi connectivity index (χ4v) is 3.16. The SMILES string of the molecule is COC(=O)C1=C(C)CC(C)=C(C(=O)OC)C1c1c(F)cc(O)cc1F. The van der Waals surface area contributed by atoms with Crippen molar-refractivity contribution in [1.29, 1.82) is 0 Å². The van der Waals surface area contributed by atoms with Gasteiger partial charge < -0.3 is 14.6 Å². The molecule has 1 aromatic carbocycles. The summed E-state index contributed by atoms with van der Waals surface area (Å²) in [6, 6.07) is 1.45. The van der Waals surface area contributed by atoms with Crippen molar-refractivity contribution in [2.24, 2.45) is 0 Å². The number of ether oxygens (including phenoxy) is 2. The van der Waals surface area contributed by atoms with E-state index in [1.165, 1.54) is 0 Å². The lowest BCUT2D eigenvalue weighted by Crippen LogP contribution is -2.27. The standard InChI is InChI=1S/C18H18F2O5/c1-8-5-9(2)14(18(23)25-4)16(13(8)17(22)24-3)15-11(19)6-10(21)7-12(15)20/h6-7,16,21H,5H2,1-4H3. The number of carbonyl (C=O) groups is 2. The number of carbonyl (C=O) groups excluding carboxylic acids is 2. The van der Waals surface area contributed by atoms with E-state index in [0.29, 0.717) is 11.1 Å². The number of benzene rings is 1. The second-order valence-corrected chi connectivity index (χ2v) is 5.80. The average Bonchev–Trinajstić information content (AvgIpc) is 2.52. The summed E-state index contributed by atoms with van der Waals surface area (Å²) in [7, 11) is 2.29. The first-order valence-corrected chi connectivity index (χ1v) is 7.46. The van der Waals surface area contributed by atoms with Crippen molar-refractivity contribution in [1.82, 2.24) is 0 Å². The van der Waals surface area contributed by atoms with E-state index in [0.717, 1.165) is 26.4 Å². The molecule has 0 aromatic heterocycles. The zero-order valence-electron chi connectivity index (χ0n) is 14.3. The molecule has 7 heteroatoms. The van der Waals surface area contributed by atoms with Gasteiger partial charge in [-0.1, -0.05) is 11.1 Å². The monoisotopic (exact) mass is 352 g/mol. The minimum Gasteiger partial charge on any atom is -0.508 e. The Balaban J connectivity index is 2.83. The summed E-state index contributed by atoms with van der Waals surface area (Å²) in [6.07, 6.45) is 0.271. The molecule has 0 unspecified atom stereocenters. The van der Waals surface area contributed by atoms with Crippen LogP contribution in [0.4, 0.5) is 8.78 Å². The quantitative estimate of drug-likeness (QED) is 0.846. The van der Waals surface area contributed by atoms with Crippen molar-refractivity contribution >= 4 is 11.9 Å². The summed E-state index contributed by atoms with van der Waals surface area (Å²) in [5.41, 5.74) is 0.522. The number of allylic oxidation sites excluding steroid dienone is 2. The highest BCUT2D eigenvalue weighted by atomic mass is 19.1. The molecule has 1 N–H and O–H groups in total. The van der Waals surface area contributed by atoms with E-state index >= 15 is 0 Å². The predicted octanol–water partition coefficient (Wildman–Crippen LogP) is 3.14. The lowest BCUT2D eigenvalue weighted by atomic mass is 9.74. The highest BCUT2D eigenvalue weighted by molar-refractivity contribution is 6.00. The van der Waals surface area contributed by atoms with Crippen molar-refractivity contribution < 1.29 is 33.0 Å². The number of aromatic hydroxyl groups is 1. The van der Waals surface area contributed by atoms with Gasteiger partial charge in [-0.3, -0.25) is 0 Å². The topological polar surface area (TPSA) is 72.8 Å². The van der Waals surface area contributed by atoms with Gasteiger partial charge in [0.1, 0.15) is 17.4 Å². The molecule has 1 aliphatic carbocycles. The Hall–Kier alpha value is -2.70. The molecule has 0 heterocycles. The zero-order valence-corrected chi connectivity index (χ0v) is 14.3. The first-order chi connectivity index (χ1) is 11.7. The van der Waals surface area contributed by atoms with E-state index in [9.17, 15) is 23.5 Å². The summed E-state index contributed by atoms with van der Waals surface area (Å²) in [5, 5.41) is 9.38. The Morgan fingerprint density at radius 3 is 1.76 bits per heavy atom. The second-order valence-electron chi connectivity index (χ2n) is 5.80. The molecule has 0 amide bonds. The van der Waals surface area contributed by atoms with Crippen LogP contribution in [-0.4, -0.2) is 31.3 Å². The van der Waals surface area contributed by atoms with E-state index < -0.39 is 40.8 Å². The van der Waals surface area contributed by atoms with Gasteiger partial charge in [-0.15, -0.1) is 0 Å². The number of hydrogen-bond acceptors (Lipinski definition) is 5. The molecule has 1 aliphatic rings. The highest BCUT2D eigenvalue weighted by Gasteiger charge is 2.40. The fraction of sp³-hybridized carbons (Fsp3) is 0.333. The maximum absolute atomic E-state index is 14.5. The third kappa shape index (κ3) is 3.26. The molecule has 25 heavy (non-hydrogen) atoms. The Labute approximate surface area is 143 Å². The number of methoxy groups -OCH3 is 2. The first kappa shape index (κ1) is 18.6. The lowest BCUT2D eigenvalue weighted by molar-refractivity contribution is -0.137. The number of hydrogen-bond donors (Lipinski definition) is 1. The Morgan fingerprint density at radius 1 is 1.00 bits per heavy atom. The van der Waals surface area contributed by atoms with E-state index in [1.54, 1.807) is 13.8 Å². The number of rotatable bonds is 3. The zero-order chi connectivity index (χ0) is 18.9. The number of phenolic OH excluding ortho intramolecular Hbond substituents is 1. The smallest absolute Gasteiger partial charge is 0.334 e. The predicted molar refractivity (Wildman–Crippen MR) is 84.8 cm³/mol. The summed E-state index contributed by atoms with van der Waals surface area (Å²) < 4.78 is 38.5. The van der Waals surface area contributed by atoms with Gasteiger partial charge in [0.2, 0.25) is 0 Å². The first-order valence-electron chi connectivity index (χ1n) is 7.46. The van der Waals surface area contributed by atoms with Crippen LogP contribution in [0.5, 0.6) is 5.75 Å². The Morgan fingerprint density at radius 2 is 1.40 bits per heavy atom. The highest BCUT2D eigenvalue weighted by Crippen LogP contribution is 2.44. The van der Waals surface area contributed by atoms with Crippen LogP contribution in [0, 0.1) is 11.6 Å². The normalized spacial score (nSPS) is 15.4. The minimum absolute atomic E-state index is 0.0167. The summed E-state index contributed by atoms with van der Waals surface area (Å²) in [4.78, 5) is 24.5. The van der Waals surface area contributed by atoms with Crippen molar-refractivity contribution in [3.63, 3.8) is 0 Å². The fourth-order valence-electron chi connectivity index (χ4n) is 3.16. The largest absolute Gasteiger partial charge is 0.508 e. The minimum atomic E-state index is -1.32. The Bertz CT molecular complexity index is 747. The molecular weight excluding hydrogens is 334 g/mol. The molecule has 0 saturated heterocycles. The third-order valence-electron chi connectivity index (χ3n) is 4.19. The molecule has 0 fully saturated rings. The number of esters is 2. The van der Waals surface area contributed by atoms with Crippen LogP contribution < -0.4 is 0 Å². The van der Waals surface area contributed by atoms with Crippen LogP contribution >= 0.6 is 0 Å². The van der Waals surface area contributed by atoms with Gasteiger partial charge in [-0.05, 0) is 20.3 Å². The van der Waals surface area contributed by atoms with Crippen molar-refractivity contribution in [2.75, 3.05) is 14.2 Å². The molecule has 2 rings (SSSR count). The van der Waals surface area contributed by atoms with E-state index in [1.807, 2.05) is 0 Å². The second kappa shape index (κ2) is 7.04. The van der Waals surface area contributed by atoms with Gasteiger partial charge in [-0.25, -0.2) is 18.4 Å². The molecule has 0 atom stereocenters. The van der Waals surface area contributed by atoms with Crippen LogP contribution in [0.15, 0.2) is 34.4 Å². The molecular formula is C18H18F2O5. The van der Waals surface area contributed by atoms with E-state index in [2.05, 4.69) is 0 Å². The molecule has 5 nitrogen and oxygen atoms in total. The molecule has 0 radical (unpaired) electrons. The van der Waals surface area contributed by atoms with Crippen LogP contribution in [-0.2, 0) is 19.1 Å². The van der Waals surface area contributed by atoms with Crippen molar-refractivity contribution in [2.45, 2.75) is 26.2 Å². The van der Waals surface area contributed by atoms with Crippen molar-refractivity contribution in [3.05, 3.63) is 51.6 Å². The van der Waals surface area contributed by atoms with Gasteiger partial charge in [0.15, 0.2) is 0 Å². The summed E-state index contributed by atoms with van der Waals surface area (Å²) in [5.74, 6) is -5.66. The lowest BCUT2D eigenvalue weighted by Gasteiger charge is -2.29. The molecule has 0 aliphatic heterocycles. The molecule has 0 bridgehead atoms.